The number of hydrogen-bond donors (Lipinski definition) is 3. The number of carbonyl (C=O) groups is 1. The van der Waals surface area contributed by atoms with E-state index in [1.54, 1.807) is 0 Å². The SMILES string of the molecule is Br.Br.CC(C)CNC(=O)CC(O)CC(N)C1CCCCC1. The zero-order valence-electron chi connectivity index (χ0n) is 13.2. The van der Waals surface area contributed by atoms with Crippen LogP contribution in [-0.4, -0.2) is 29.7 Å². The monoisotopic (exact) mass is 430 g/mol. The van der Waals surface area contributed by atoms with E-state index in [2.05, 4.69) is 19.2 Å². The first-order chi connectivity index (χ1) is 8.99. The van der Waals surface area contributed by atoms with Crippen LogP contribution in [0.25, 0.3) is 0 Å². The van der Waals surface area contributed by atoms with Crippen molar-refractivity contribution in [2.45, 2.75) is 70.9 Å². The van der Waals surface area contributed by atoms with E-state index < -0.39 is 6.10 Å². The summed E-state index contributed by atoms with van der Waals surface area (Å²) in [4.78, 5) is 11.6. The first-order valence-corrected chi connectivity index (χ1v) is 7.69. The van der Waals surface area contributed by atoms with Gasteiger partial charge in [-0.15, -0.1) is 34.0 Å². The molecule has 0 saturated heterocycles. The first kappa shape index (κ1) is 23.6. The third kappa shape index (κ3) is 10.7. The molecule has 21 heavy (non-hydrogen) atoms. The van der Waals surface area contributed by atoms with E-state index in [0.717, 1.165) is 0 Å². The van der Waals surface area contributed by atoms with Crippen molar-refractivity contribution in [2.75, 3.05) is 6.54 Å². The van der Waals surface area contributed by atoms with Crippen molar-refractivity contribution in [1.29, 1.82) is 0 Å². The van der Waals surface area contributed by atoms with Crippen molar-refractivity contribution in [3.05, 3.63) is 0 Å². The van der Waals surface area contributed by atoms with Crippen LogP contribution in [0.3, 0.4) is 0 Å². The summed E-state index contributed by atoms with van der Waals surface area (Å²) in [5.41, 5.74) is 6.16. The lowest BCUT2D eigenvalue weighted by Crippen LogP contribution is -2.37. The number of halogens is 2. The Hall–Kier alpha value is 0.350. The zero-order valence-corrected chi connectivity index (χ0v) is 16.6. The second kappa shape index (κ2) is 12.9. The van der Waals surface area contributed by atoms with Gasteiger partial charge in [0.25, 0.3) is 0 Å². The van der Waals surface area contributed by atoms with E-state index in [9.17, 15) is 9.90 Å². The number of amides is 1. The van der Waals surface area contributed by atoms with Gasteiger partial charge in [-0.05, 0) is 31.1 Å². The Balaban J connectivity index is 0. The van der Waals surface area contributed by atoms with E-state index in [4.69, 9.17) is 5.73 Å². The summed E-state index contributed by atoms with van der Waals surface area (Å²) in [6.45, 7) is 4.77. The fourth-order valence-corrected chi connectivity index (χ4v) is 2.76. The van der Waals surface area contributed by atoms with Gasteiger partial charge in [-0.3, -0.25) is 4.79 Å². The molecule has 2 unspecified atom stereocenters. The largest absolute Gasteiger partial charge is 0.393 e. The van der Waals surface area contributed by atoms with Crippen molar-refractivity contribution in [3.8, 4) is 0 Å². The van der Waals surface area contributed by atoms with Gasteiger partial charge in [-0.1, -0.05) is 33.1 Å². The molecule has 0 aromatic rings. The summed E-state index contributed by atoms with van der Waals surface area (Å²) in [6, 6.07) is 0.0354. The molecule has 6 heteroatoms. The standard InChI is InChI=1S/C15H30N2O2.2BrH/c1-11(2)10-17-15(19)9-13(18)8-14(16)12-6-4-3-5-7-12;;/h11-14,18H,3-10,16H2,1-2H3,(H,17,19);2*1H. The van der Waals surface area contributed by atoms with E-state index in [1.807, 2.05) is 0 Å². The molecule has 0 aromatic carbocycles. The number of hydrogen-bond acceptors (Lipinski definition) is 3. The van der Waals surface area contributed by atoms with E-state index in [-0.39, 0.29) is 52.3 Å². The Labute approximate surface area is 150 Å². The van der Waals surface area contributed by atoms with Crippen LogP contribution >= 0.6 is 34.0 Å². The van der Waals surface area contributed by atoms with Gasteiger partial charge in [0, 0.05) is 12.6 Å². The lowest BCUT2D eigenvalue weighted by Gasteiger charge is -2.28. The van der Waals surface area contributed by atoms with Gasteiger partial charge in [0.15, 0.2) is 0 Å². The molecule has 0 radical (unpaired) electrons. The van der Waals surface area contributed by atoms with E-state index >= 15 is 0 Å². The molecular weight excluding hydrogens is 400 g/mol. The maximum absolute atomic E-state index is 11.6. The Morgan fingerprint density at radius 3 is 2.33 bits per heavy atom. The summed E-state index contributed by atoms with van der Waals surface area (Å²) in [6.07, 6.45) is 6.27. The van der Waals surface area contributed by atoms with Crippen LogP contribution < -0.4 is 11.1 Å². The van der Waals surface area contributed by atoms with Gasteiger partial charge in [0.2, 0.25) is 5.91 Å². The molecular formula is C15H32Br2N2O2. The van der Waals surface area contributed by atoms with Gasteiger partial charge >= 0.3 is 0 Å². The summed E-state index contributed by atoms with van der Waals surface area (Å²) in [7, 11) is 0. The number of nitrogens with one attached hydrogen (secondary N) is 1. The Kier molecular flexibility index (Phi) is 14.5. The summed E-state index contributed by atoms with van der Waals surface area (Å²) < 4.78 is 0. The fourth-order valence-electron chi connectivity index (χ4n) is 2.76. The highest BCUT2D eigenvalue weighted by molar-refractivity contribution is 8.93. The van der Waals surface area contributed by atoms with Crippen LogP contribution in [0.4, 0.5) is 0 Å². The molecule has 4 N–H and O–H groups in total. The predicted octanol–water partition coefficient (Wildman–Crippen LogP) is 2.96. The van der Waals surface area contributed by atoms with Gasteiger partial charge in [0.1, 0.15) is 0 Å². The highest BCUT2D eigenvalue weighted by Crippen LogP contribution is 2.27. The number of rotatable bonds is 7. The van der Waals surface area contributed by atoms with Crippen molar-refractivity contribution in [3.63, 3.8) is 0 Å². The molecule has 0 heterocycles. The van der Waals surface area contributed by atoms with Crippen LogP contribution in [0.1, 0.15) is 58.8 Å². The predicted molar refractivity (Wildman–Crippen MR) is 98.3 cm³/mol. The van der Waals surface area contributed by atoms with Gasteiger partial charge in [-0.25, -0.2) is 0 Å². The molecule has 4 nitrogen and oxygen atoms in total. The average Bonchev–Trinajstić information content (AvgIpc) is 2.37. The lowest BCUT2D eigenvalue weighted by atomic mass is 9.82. The second-order valence-corrected chi connectivity index (χ2v) is 6.35. The summed E-state index contributed by atoms with van der Waals surface area (Å²) in [5.74, 6) is 0.893. The van der Waals surface area contributed by atoms with Crippen LogP contribution in [0.2, 0.25) is 0 Å². The van der Waals surface area contributed by atoms with Crippen molar-refractivity contribution in [1.82, 2.24) is 5.32 Å². The van der Waals surface area contributed by atoms with Gasteiger partial charge in [-0.2, -0.15) is 0 Å². The third-order valence-electron chi connectivity index (χ3n) is 3.93. The minimum Gasteiger partial charge on any atom is -0.393 e. The number of nitrogens with two attached hydrogens (primary N) is 1. The van der Waals surface area contributed by atoms with Crippen molar-refractivity contribution >= 4 is 39.9 Å². The maximum Gasteiger partial charge on any atom is 0.222 e. The van der Waals surface area contributed by atoms with Crippen molar-refractivity contribution < 1.29 is 9.90 Å². The molecule has 128 valence electrons. The van der Waals surface area contributed by atoms with Gasteiger partial charge < -0.3 is 16.2 Å². The molecule has 1 rings (SSSR count). The molecule has 1 aliphatic carbocycles. The zero-order chi connectivity index (χ0) is 14.3. The molecule has 1 saturated carbocycles. The normalized spacial score (nSPS) is 18.3. The van der Waals surface area contributed by atoms with Crippen LogP contribution in [0.15, 0.2) is 0 Å². The van der Waals surface area contributed by atoms with E-state index in [1.165, 1.54) is 32.1 Å². The molecule has 0 bridgehead atoms. The molecule has 0 aromatic heterocycles. The lowest BCUT2D eigenvalue weighted by molar-refractivity contribution is -0.123. The molecule has 0 spiro atoms. The number of carbonyl (C=O) groups excluding carboxylic acids is 1. The van der Waals surface area contributed by atoms with E-state index in [0.29, 0.717) is 24.8 Å². The molecule has 1 fully saturated rings. The molecule has 1 aliphatic rings. The second-order valence-electron chi connectivity index (χ2n) is 6.35. The number of aliphatic hydroxyl groups is 1. The van der Waals surface area contributed by atoms with Crippen LogP contribution in [-0.2, 0) is 4.79 Å². The summed E-state index contributed by atoms with van der Waals surface area (Å²) in [5, 5.41) is 12.8. The Morgan fingerprint density at radius 1 is 1.24 bits per heavy atom. The molecule has 1 amide bonds. The maximum atomic E-state index is 11.6. The minimum absolute atomic E-state index is 0. The first-order valence-electron chi connectivity index (χ1n) is 7.69. The van der Waals surface area contributed by atoms with Crippen LogP contribution in [0.5, 0.6) is 0 Å². The van der Waals surface area contributed by atoms with Crippen molar-refractivity contribution in [2.24, 2.45) is 17.6 Å². The summed E-state index contributed by atoms with van der Waals surface area (Å²) >= 11 is 0. The smallest absolute Gasteiger partial charge is 0.222 e. The Bertz CT molecular complexity index is 272. The molecule has 2 atom stereocenters. The highest BCUT2D eigenvalue weighted by Gasteiger charge is 2.23. The molecule has 0 aliphatic heterocycles. The van der Waals surface area contributed by atoms with Gasteiger partial charge in [0.05, 0.1) is 12.5 Å². The topological polar surface area (TPSA) is 75.3 Å². The number of aliphatic hydroxyl groups excluding tert-OH is 1. The van der Waals surface area contributed by atoms with Crippen LogP contribution in [0, 0.1) is 11.8 Å². The average molecular weight is 432 g/mol. The third-order valence-corrected chi connectivity index (χ3v) is 3.93. The quantitative estimate of drug-likeness (QED) is 0.579. The highest BCUT2D eigenvalue weighted by atomic mass is 79.9. The fraction of sp³-hybridized carbons (Fsp3) is 0.933. The Morgan fingerprint density at radius 2 is 1.81 bits per heavy atom. The minimum atomic E-state index is -0.607.